The van der Waals surface area contributed by atoms with Gasteiger partial charge >= 0.3 is 5.97 Å². The molecule has 140 valence electrons. The highest BCUT2D eigenvalue weighted by atomic mass is 16.4. The summed E-state index contributed by atoms with van der Waals surface area (Å²) in [5.74, 6) is -0.221. The molecular weight excluding hydrogens is 326 g/mol. The summed E-state index contributed by atoms with van der Waals surface area (Å²) < 4.78 is 0. The van der Waals surface area contributed by atoms with Crippen LogP contribution in [0, 0.1) is 29.6 Å². The lowest BCUT2D eigenvalue weighted by Crippen LogP contribution is -2.53. The fraction of sp³-hybridized carbons (Fsp3) is 0.636. The number of hydrogen-bond acceptors (Lipinski definition) is 2. The van der Waals surface area contributed by atoms with E-state index in [0.717, 1.165) is 58.0 Å². The minimum absolute atomic E-state index is 0.130. The monoisotopic (exact) mass is 355 g/mol. The number of carboxylic acids is 1. The summed E-state index contributed by atoms with van der Waals surface area (Å²) >= 11 is 0. The van der Waals surface area contributed by atoms with Gasteiger partial charge in [0.2, 0.25) is 5.91 Å². The molecule has 0 aromatic heterocycles. The molecule has 2 bridgehead atoms. The molecule has 1 N–H and O–H groups in total. The largest absolute Gasteiger partial charge is 0.481 e. The Morgan fingerprint density at radius 1 is 0.885 bits per heavy atom. The summed E-state index contributed by atoms with van der Waals surface area (Å²) in [7, 11) is 0. The van der Waals surface area contributed by atoms with Crippen molar-refractivity contribution in [1.82, 2.24) is 4.90 Å². The van der Waals surface area contributed by atoms with Crippen LogP contribution in [0.25, 0.3) is 0 Å². The molecule has 0 unspecified atom stereocenters. The molecule has 3 aliphatic carbocycles. The second-order valence-electron chi connectivity index (χ2n) is 8.52. The molecule has 4 fully saturated rings. The topological polar surface area (TPSA) is 57.6 Å². The first-order valence-corrected chi connectivity index (χ1v) is 10.2. The first-order chi connectivity index (χ1) is 12.6. The van der Waals surface area contributed by atoms with Gasteiger partial charge in [-0.15, -0.1) is 0 Å². The number of piperidine rings is 1. The van der Waals surface area contributed by atoms with Crippen LogP contribution in [-0.2, 0) is 16.0 Å². The second-order valence-corrected chi connectivity index (χ2v) is 8.52. The van der Waals surface area contributed by atoms with Crippen molar-refractivity contribution >= 4 is 11.9 Å². The molecule has 1 heterocycles. The summed E-state index contributed by atoms with van der Waals surface area (Å²) in [6.45, 7) is 1.58. The van der Waals surface area contributed by atoms with Crippen LogP contribution in [0.4, 0.5) is 0 Å². The van der Waals surface area contributed by atoms with Crippen LogP contribution in [-0.4, -0.2) is 35.0 Å². The van der Waals surface area contributed by atoms with Crippen molar-refractivity contribution in [1.29, 1.82) is 0 Å². The van der Waals surface area contributed by atoms with Crippen molar-refractivity contribution in [3.8, 4) is 0 Å². The summed E-state index contributed by atoms with van der Waals surface area (Å²) in [4.78, 5) is 27.0. The lowest BCUT2D eigenvalue weighted by molar-refractivity contribution is -0.162. The van der Waals surface area contributed by atoms with E-state index >= 15 is 0 Å². The second kappa shape index (κ2) is 7.42. The summed E-state index contributed by atoms with van der Waals surface area (Å²) in [5, 5.41) is 9.71. The molecule has 1 amide bonds. The van der Waals surface area contributed by atoms with Crippen LogP contribution in [0.5, 0.6) is 0 Å². The van der Waals surface area contributed by atoms with Gasteiger partial charge in [-0.25, -0.2) is 0 Å². The molecule has 1 saturated heterocycles. The van der Waals surface area contributed by atoms with Crippen molar-refractivity contribution in [3.63, 3.8) is 0 Å². The Morgan fingerprint density at radius 2 is 1.46 bits per heavy atom. The zero-order valence-corrected chi connectivity index (χ0v) is 15.3. The van der Waals surface area contributed by atoms with Gasteiger partial charge in [0.1, 0.15) is 0 Å². The molecule has 0 radical (unpaired) electrons. The minimum Gasteiger partial charge on any atom is -0.481 e. The van der Waals surface area contributed by atoms with Gasteiger partial charge in [0.05, 0.1) is 11.8 Å². The number of hydrogen-bond donors (Lipinski definition) is 1. The van der Waals surface area contributed by atoms with Gasteiger partial charge in [-0.3, -0.25) is 9.59 Å². The van der Waals surface area contributed by atoms with E-state index in [1.54, 1.807) is 0 Å². The summed E-state index contributed by atoms with van der Waals surface area (Å²) in [6, 6.07) is 10.6. The molecule has 4 nitrogen and oxygen atoms in total. The lowest BCUT2D eigenvalue weighted by Gasteiger charge is -2.47. The quantitative estimate of drug-likeness (QED) is 0.898. The third kappa shape index (κ3) is 3.38. The Balaban J connectivity index is 1.38. The van der Waals surface area contributed by atoms with Gasteiger partial charge < -0.3 is 10.0 Å². The molecule has 1 aromatic carbocycles. The Kier molecular flexibility index (Phi) is 5.01. The Labute approximate surface area is 155 Å². The van der Waals surface area contributed by atoms with E-state index in [2.05, 4.69) is 24.3 Å². The highest BCUT2D eigenvalue weighted by molar-refractivity contribution is 5.85. The predicted octanol–water partition coefficient (Wildman–Crippen LogP) is 3.60. The summed E-state index contributed by atoms with van der Waals surface area (Å²) in [6.07, 6.45) is 7.19. The fourth-order valence-corrected chi connectivity index (χ4v) is 5.68. The van der Waals surface area contributed by atoms with Crippen LogP contribution in [0.3, 0.4) is 0 Å². The van der Waals surface area contributed by atoms with Crippen LogP contribution in [0.15, 0.2) is 30.3 Å². The molecule has 1 aromatic rings. The van der Waals surface area contributed by atoms with Gasteiger partial charge in [0.15, 0.2) is 0 Å². The third-order valence-corrected chi connectivity index (χ3v) is 7.08. The van der Waals surface area contributed by atoms with Crippen molar-refractivity contribution in [2.75, 3.05) is 13.1 Å². The van der Waals surface area contributed by atoms with E-state index in [1.807, 2.05) is 11.0 Å². The van der Waals surface area contributed by atoms with Crippen LogP contribution in [0.2, 0.25) is 0 Å². The first kappa shape index (κ1) is 17.6. The number of fused-ring (bicyclic) bond motifs is 3. The standard InChI is InChI=1S/C22H29NO3/c24-21(19-17-6-8-18(9-7-17)20(19)22(25)26)23-12-10-16(11-13-23)14-15-4-2-1-3-5-15/h1-5,16-20H,6-14H2,(H,25,26)/t17?,18?,19-,20+/m1/s1. The van der Waals surface area contributed by atoms with Crippen LogP contribution < -0.4 is 0 Å². The van der Waals surface area contributed by atoms with Gasteiger partial charge in [-0.2, -0.15) is 0 Å². The number of carbonyl (C=O) groups is 2. The van der Waals surface area contributed by atoms with Crippen LogP contribution >= 0.6 is 0 Å². The number of likely N-dealkylation sites (tertiary alicyclic amines) is 1. The molecule has 5 rings (SSSR count). The van der Waals surface area contributed by atoms with Crippen LogP contribution in [0.1, 0.15) is 44.1 Å². The molecule has 3 saturated carbocycles. The molecule has 26 heavy (non-hydrogen) atoms. The molecule has 1 aliphatic heterocycles. The van der Waals surface area contributed by atoms with E-state index in [4.69, 9.17) is 0 Å². The van der Waals surface area contributed by atoms with E-state index in [9.17, 15) is 14.7 Å². The van der Waals surface area contributed by atoms with Gasteiger partial charge in [-0.05, 0) is 68.3 Å². The third-order valence-electron chi connectivity index (χ3n) is 7.08. The average Bonchev–Trinajstić information content (AvgIpc) is 2.69. The fourth-order valence-electron chi connectivity index (χ4n) is 5.68. The van der Waals surface area contributed by atoms with Gasteiger partial charge in [-0.1, -0.05) is 30.3 Å². The molecule has 4 heteroatoms. The Bertz CT molecular complexity index is 643. The summed E-state index contributed by atoms with van der Waals surface area (Å²) in [5.41, 5.74) is 1.37. The highest BCUT2D eigenvalue weighted by Gasteiger charge is 2.51. The number of carboxylic acid groups (broad SMARTS) is 1. The van der Waals surface area contributed by atoms with Crippen molar-refractivity contribution in [2.24, 2.45) is 29.6 Å². The number of amides is 1. The normalized spacial score (nSPS) is 31.8. The Hall–Kier alpha value is -1.84. The average molecular weight is 355 g/mol. The number of aliphatic carboxylic acids is 1. The van der Waals surface area contributed by atoms with Crippen molar-refractivity contribution in [2.45, 2.75) is 44.9 Å². The van der Waals surface area contributed by atoms with E-state index < -0.39 is 11.9 Å². The van der Waals surface area contributed by atoms with E-state index in [1.165, 1.54) is 5.56 Å². The number of carbonyl (C=O) groups excluding carboxylic acids is 1. The molecule has 0 spiro atoms. The predicted molar refractivity (Wildman–Crippen MR) is 99.5 cm³/mol. The lowest BCUT2D eigenvalue weighted by atomic mass is 9.58. The molecule has 4 aliphatic rings. The maximum Gasteiger partial charge on any atom is 0.307 e. The number of rotatable bonds is 4. The van der Waals surface area contributed by atoms with E-state index in [-0.39, 0.29) is 23.7 Å². The number of benzene rings is 1. The van der Waals surface area contributed by atoms with Crippen molar-refractivity contribution < 1.29 is 14.7 Å². The maximum atomic E-state index is 13.2. The minimum atomic E-state index is -0.753. The Morgan fingerprint density at radius 3 is 2.04 bits per heavy atom. The first-order valence-electron chi connectivity index (χ1n) is 10.2. The van der Waals surface area contributed by atoms with Crippen molar-refractivity contribution in [3.05, 3.63) is 35.9 Å². The zero-order chi connectivity index (χ0) is 18.1. The maximum absolute atomic E-state index is 13.2. The molecule has 2 atom stereocenters. The molecular formula is C22H29NO3. The SMILES string of the molecule is O=C(O)[C@H]1C2CCC(CC2)[C@H]1C(=O)N1CCC(Cc2ccccc2)CC1. The number of nitrogens with zero attached hydrogens (tertiary/aromatic N) is 1. The highest BCUT2D eigenvalue weighted by Crippen LogP contribution is 2.49. The van der Waals surface area contributed by atoms with Gasteiger partial charge in [0.25, 0.3) is 0 Å². The smallest absolute Gasteiger partial charge is 0.307 e. The van der Waals surface area contributed by atoms with Gasteiger partial charge in [0, 0.05) is 13.1 Å². The zero-order valence-electron chi connectivity index (χ0n) is 15.3. The van der Waals surface area contributed by atoms with E-state index in [0.29, 0.717) is 5.92 Å².